The fourth-order valence-electron chi connectivity index (χ4n) is 2.93. The predicted octanol–water partition coefficient (Wildman–Crippen LogP) is 5.47. The smallest absolute Gasteiger partial charge is 0.416 e. The van der Waals surface area contributed by atoms with E-state index in [1.807, 2.05) is 0 Å². The van der Waals surface area contributed by atoms with Gasteiger partial charge in [0.15, 0.2) is 0 Å². The fraction of sp³-hybridized carbons (Fsp3) is 0.190. The number of halogens is 6. The molecule has 2 aromatic heterocycles. The third-order valence-electron chi connectivity index (χ3n) is 4.51. The number of amides is 1. The van der Waals surface area contributed by atoms with Gasteiger partial charge in [-0.25, -0.2) is 4.98 Å². The molecule has 0 saturated heterocycles. The molecule has 0 aliphatic rings. The number of nitrogens with zero attached hydrogens (tertiary/aromatic N) is 3. The van der Waals surface area contributed by atoms with Gasteiger partial charge in [-0.2, -0.15) is 26.3 Å². The van der Waals surface area contributed by atoms with Crippen LogP contribution in [-0.4, -0.2) is 30.0 Å². The lowest BCUT2D eigenvalue weighted by Gasteiger charge is -2.21. The maximum Gasteiger partial charge on any atom is 0.416 e. The van der Waals surface area contributed by atoms with Crippen LogP contribution in [-0.2, 0) is 12.4 Å². The van der Waals surface area contributed by atoms with Crippen molar-refractivity contribution >= 4 is 11.6 Å². The first-order chi connectivity index (χ1) is 14.9. The normalized spacial score (nSPS) is 11.9. The predicted molar refractivity (Wildman–Crippen MR) is 103 cm³/mol. The molecule has 0 unspecified atom stereocenters. The Hall–Kier alpha value is -3.63. The van der Waals surface area contributed by atoms with Crippen LogP contribution in [0.5, 0.6) is 5.88 Å². The first-order valence-corrected chi connectivity index (χ1v) is 8.95. The monoisotopic (exact) mass is 455 g/mol. The highest BCUT2D eigenvalue weighted by Gasteiger charge is 2.38. The molecule has 0 saturated carbocycles. The minimum absolute atomic E-state index is 0.0353. The number of carbonyl (C=O) groups is 1. The molecule has 0 aliphatic heterocycles. The Morgan fingerprint density at radius 1 is 0.969 bits per heavy atom. The Bertz CT molecular complexity index is 1110. The molecule has 0 atom stereocenters. The third kappa shape index (κ3) is 4.82. The SMILES string of the molecule is COc1cccc(-c2ccncc2N(C)C(=O)c2cc(C(F)(F)F)cc(C(F)(F)F)c2)n1. The van der Waals surface area contributed by atoms with Crippen molar-refractivity contribution in [1.82, 2.24) is 9.97 Å². The van der Waals surface area contributed by atoms with Gasteiger partial charge < -0.3 is 9.64 Å². The zero-order valence-corrected chi connectivity index (χ0v) is 16.6. The molecule has 0 fully saturated rings. The minimum Gasteiger partial charge on any atom is -0.481 e. The van der Waals surface area contributed by atoms with Crippen molar-refractivity contribution in [2.45, 2.75) is 12.4 Å². The van der Waals surface area contributed by atoms with Crippen molar-refractivity contribution in [1.29, 1.82) is 0 Å². The van der Waals surface area contributed by atoms with Crippen LogP contribution in [0.4, 0.5) is 32.0 Å². The molecule has 0 spiro atoms. The van der Waals surface area contributed by atoms with Gasteiger partial charge in [0.25, 0.3) is 5.91 Å². The number of aromatic nitrogens is 2. The van der Waals surface area contributed by atoms with Gasteiger partial charge in [-0.15, -0.1) is 0 Å². The van der Waals surface area contributed by atoms with Crippen LogP contribution < -0.4 is 9.64 Å². The van der Waals surface area contributed by atoms with Crippen molar-refractivity contribution in [2.24, 2.45) is 0 Å². The summed E-state index contributed by atoms with van der Waals surface area (Å²) in [6, 6.07) is 7.06. The maximum atomic E-state index is 13.2. The number of methoxy groups -OCH3 is 1. The number of anilines is 1. The van der Waals surface area contributed by atoms with Crippen LogP contribution in [0.15, 0.2) is 54.9 Å². The van der Waals surface area contributed by atoms with E-state index in [0.29, 0.717) is 23.4 Å². The Labute approximate surface area is 178 Å². The molecule has 1 aromatic carbocycles. The molecule has 5 nitrogen and oxygen atoms in total. The van der Waals surface area contributed by atoms with Crippen molar-refractivity contribution in [3.8, 4) is 17.1 Å². The summed E-state index contributed by atoms with van der Waals surface area (Å²) in [6.07, 6.45) is -7.48. The first-order valence-electron chi connectivity index (χ1n) is 8.95. The summed E-state index contributed by atoms with van der Waals surface area (Å²) in [7, 11) is 2.62. The van der Waals surface area contributed by atoms with Crippen LogP contribution >= 0.6 is 0 Å². The molecule has 3 aromatic rings. The highest BCUT2D eigenvalue weighted by atomic mass is 19.4. The second kappa shape index (κ2) is 8.48. The Balaban J connectivity index is 2.08. The summed E-state index contributed by atoms with van der Waals surface area (Å²) in [5.41, 5.74) is -3.07. The van der Waals surface area contributed by atoms with Gasteiger partial charge >= 0.3 is 12.4 Å². The molecule has 3 rings (SSSR count). The van der Waals surface area contributed by atoms with Crippen LogP contribution in [0.3, 0.4) is 0 Å². The molecule has 0 aliphatic carbocycles. The molecule has 1 amide bonds. The standard InChI is InChI=1S/C21H15F6N3O2/c1-30(17-11-28-7-6-15(17)16-4-3-5-18(29-16)32-2)19(31)12-8-13(20(22,23)24)10-14(9-12)21(25,26)27/h3-11H,1-2H3. The molecule has 0 N–H and O–H groups in total. The number of ether oxygens (including phenoxy) is 1. The van der Waals surface area contributed by atoms with Gasteiger partial charge in [0.1, 0.15) is 0 Å². The molecule has 168 valence electrons. The van der Waals surface area contributed by atoms with Crippen molar-refractivity contribution in [3.63, 3.8) is 0 Å². The molecular formula is C21H15F6N3O2. The minimum atomic E-state index is -5.07. The van der Waals surface area contributed by atoms with Crippen LogP contribution in [0.1, 0.15) is 21.5 Å². The van der Waals surface area contributed by atoms with Crippen molar-refractivity contribution in [3.05, 3.63) is 71.5 Å². The summed E-state index contributed by atoms with van der Waals surface area (Å²) in [4.78, 5) is 22.0. The zero-order valence-electron chi connectivity index (χ0n) is 16.6. The molecule has 11 heteroatoms. The number of pyridine rings is 2. The second-order valence-corrected chi connectivity index (χ2v) is 6.62. The van der Waals surface area contributed by atoms with E-state index in [1.165, 1.54) is 32.6 Å². The molecule has 32 heavy (non-hydrogen) atoms. The van der Waals surface area contributed by atoms with E-state index in [-0.39, 0.29) is 17.6 Å². The lowest BCUT2D eigenvalue weighted by Crippen LogP contribution is -2.28. The van der Waals surface area contributed by atoms with Crippen molar-refractivity contribution < 1.29 is 35.9 Å². The zero-order chi connectivity index (χ0) is 23.7. The topological polar surface area (TPSA) is 55.3 Å². The van der Waals surface area contributed by atoms with E-state index < -0.39 is 35.0 Å². The van der Waals surface area contributed by atoms with Gasteiger partial charge in [-0.05, 0) is 30.3 Å². The van der Waals surface area contributed by atoms with Gasteiger partial charge in [-0.3, -0.25) is 9.78 Å². The highest BCUT2D eigenvalue weighted by Crippen LogP contribution is 2.37. The van der Waals surface area contributed by atoms with Crippen LogP contribution in [0.2, 0.25) is 0 Å². The number of rotatable bonds is 4. The van der Waals surface area contributed by atoms with Crippen LogP contribution in [0.25, 0.3) is 11.3 Å². The van der Waals surface area contributed by atoms with E-state index >= 15 is 0 Å². The highest BCUT2D eigenvalue weighted by molar-refractivity contribution is 6.07. The van der Waals surface area contributed by atoms with E-state index in [2.05, 4.69) is 9.97 Å². The molecular weight excluding hydrogens is 440 g/mol. The summed E-state index contributed by atoms with van der Waals surface area (Å²) < 4.78 is 84.0. The quantitative estimate of drug-likeness (QED) is 0.490. The average Bonchev–Trinajstić information content (AvgIpc) is 2.76. The van der Waals surface area contributed by atoms with E-state index in [1.54, 1.807) is 18.2 Å². The summed E-state index contributed by atoms with van der Waals surface area (Å²) in [5.74, 6) is -0.814. The van der Waals surface area contributed by atoms with Crippen LogP contribution in [0, 0.1) is 0 Å². The lowest BCUT2D eigenvalue weighted by molar-refractivity contribution is -0.143. The number of alkyl halides is 6. The van der Waals surface area contributed by atoms with Gasteiger partial charge in [-0.1, -0.05) is 6.07 Å². The van der Waals surface area contributed by atoms with Gasteiger partial charge in [0.05, 0.1) is 35.8 Å². The fourth-order valence-corrected chi connectivity index (χ4v) is 2.93. The lowest BCUT2D eigenvalue weighted by atomic mass is 10.0. The van der Waals surface area contributed by atoms with Crippen molar-refractivity contribution in [2.75, 3.05) is 19.1 Å². The number of hydrogen-bond donors (Lipinski definition) is 0. The van der Waals surface area contributed by atoms with Gasteiger partial charge in [0.2, 0.25) is 5.88 Å². The summed E-state index contributed by atoms with van der Waals surface area (Å²) in [5, 5.41) is 0. The molecule has 2 heterocycles. The first kappa shape index (κ1) is 23.0. The largest absolute Gasteiger partial charge is 0.481 e. The second-order valence-electron chi connectivity index (χ2n) is 6.62. The Kier molecular flexibility index (Phi) is 6.11. The van der Waals surface area contributed by atoms with E-state index in [9.17, 15) is 31.1 Å². The molecule has 0 radical (unpaired) electrons. The molecule has 0 bridgehead atoms. The van der Waals surface area contributed by atoms with E-state index in [4.69, 9.17) is 4.74 Å². The maximum absolute atomic E-state index is 13.2. The summed E-state index contributed by atoms with van der Waals surface area (Å²) in [6.45, 7) is 0. The Morgan fingerprint density at radius 2 is 1.59 bits per heavy atom. The number of benzene rings is 1. The van der Waals surface area contributed by atoms with Gasteiger partial charge in [0, 0.05) is 30.4 Å². The average molecular weight is 455 g/mol. The Morgan fingerprint density at radius 3 is 2.16 bits per heavy atom. The number of hydrogen-bond acceptors (Lipinski definition) is 4. The third-order valence-corrected chi connectivity index (χ3v) is 4.51. The van der Waals surface area contributed by atoms with E-state index in [0.717, 1.165) is 4.90 Å². The summed E-state index contributed by atoms with van der Waals surface area (Å²) >= 11 is 0. The number of carbonyl (C=O) groups excluding carboxylic acids is 1.